The van der Waals surface area contributed by atoms with Gasteiger partial charge in [-0.1, -0.05) is 39.0 Å². The first kappa shape index (κ1) is 13.3. The summed E-state index contributed by atoms with van der Waals surface area (Å²) in [6.07, 6.45) is 1.41. The number of nitrogens with zero attached hydrogens (tertiary/aromatic N) is 1. The predicted octanol–water partition coefficient (Wildman–Crippen LogP) is 3.38. The molecule has 0 fully saturated rings. The van der Waals surface area contributed by atoms with Gasteiger partial charge in [-0.3, -0.25) is 0 Å². The number of aromatic amines is 1. The molecule has 0 unspecified atom stereocenters. The molecule has 1 heterocycles. The van der Waals surface area contributed by atoms with Crippen molar-refractivity contribution in [2.75, 3.05) is 0 Å². The molecule has 0 amide bonds. The monoisotopic (exact) mass is 258 g/mol. The number of carboxylic acids is 1. The van der Waals surface area contributed by atoms with Crippen molar-refractivity contribution in [3.63, 3.8) is 0 Å². The molecule has 2 aromatic rings. The van der Waals surface area contributed by atoms with Crippen LogP contribution < -0.4 is 0 Å². The number of aromatic carboxylic acids is 1. The third-order valence-electron chi connectivity index (χ3n) is 3.20. The first-order chi connectivity index (χ1) is 8.80. The summed E-state index contributed by atoms with van der Waals surface area (Å²) >= 11 is 0. The summed E-state index contributed by atoms with van der Waals surface area (Å²) in [6.45, 7) is 8.43. The van der Waals surface area contributed by atoms with E-state index in [4.69, 9.17) is 5.11 Å². The van der Waals surface area contributed by atoms with Gasteiger partial charge in [0.2, 0.25) is 0 Å². The van der Waals surface area contributed by atoms with Gasteiger partial charge in [0.1, 0.15) is 5.69 Å². The molecule has 1 aromatic heterocycles. The molecule has 0 saturated heterocycles. The van der Waals surface area contributed by atoms with Crippen molar-refractivity contribution in [2.24, 2.45) is 0 Å². The number of carbonyl (C=O) groups is 1. The van der Waals surface area contributed by atoms with E-state index in [0.717, 1.165) is 11.1 Å². The Balaban J connectivity index is 2.53. The summed E-state index contributed by atoms with van der Waals surface area (Å²) in [5.74, 6) is -0.994. The molecular weight excluding hydrogens is 240 g/mol. The zero-order valence-electron chi connectivity index (χ0n) is 11.6. The predicted molar refractivity (Wildman–Crippen MR) is 74.4 cm³/mol. The van der Waals surface area contributed by atoms with Gasteiger partial charge in [-0.2, -0.15) is 0 Å². The second-order valence-corrected chi connectivity index (χ2v) is 5.71. The normalized spacial score (nSPS) is 11.6. The molecule has 19 heavy (non-hydrogen) atoms. The molecule has 2 N–H and O–H groups in total. The van der Waals surface area contributed by atoms with Crippen LogP contribution in [0.5, 0.6) is 0 Å². The largest absolute Gasteiger partial charge is 0.477 e. The molecule has 0 aliphatic carbocycles. The Bertz CT molecular complexity index is 621. The molecule has 4 heteroatoms. The Kier molecular flexibility index (Phi) is 3.18. The van der Waals surface area contributed by atoms with E-state index in [1.54, 1.807) is 0 Å². The second-order valence-electron chi connectivity index (χ2n) is 5.71. The van der Waals surface area contributed by atoms with Crippen molar-refractivity contribution in [1.82, 2.24) is 9.97 Å². The molecule has 4 nitrogen and oxygen atoms in total. The molecule has 0 radical (unpaired) electrons. The van der Waals surface area contributed by atoms with E-state index >= 15 is 0 Å². The Morgan fingerprint density at radius 2 is 2.00 bits per heavy atom. The van der Waals surface area contributed by atoms with E-state index in [-0.39, 0.29) is 11.1 Å². The minimum Gasteiger partial charge on any atom is -0.477 e. The van der Waals surface area contributed by atoms with Gasteiger partial charge in [0.05, 0.1) is 6.33 Å². The number of H-pyrrole nitrogens is 1. The maximum Gasteiger partial charge on any atom is 0.354 e. The molecule has 0 bridgehead atoms. The van der Waals surface area contributed by atoms with Crippen molar-refractivity contribution < 1.29 is 9.90 Å². The third kappa shape index (κ3) is 2.52. The fourth-order valence-corrected chi connectivity index (χ4v) is 2.06. The first-order valence-corrected chi connectivity index (χ1v) is 6.19. The first-order valence-electron chi connectivity index (χ1n) is 6.19. The van der Waals surface area contributed by atoms with Gasteiger partial charge in [0.25, 0.3) is 0 Å². The van der Waals surface area contributed by atoms with Gasteiger partial charge < -0.3 is 10.1 Å². The quantitative estimate of drug-likeness (QED) is 0.867. The second kappa shape index (κ2) is 4.53. The number of aryl methyl sites for hydroxylation is 1. The molecule has 0 saturated carbocycles. The number of hydrogen-bond acceptors (Lipinski definition) is 2. The highest BCUT2D eigenvalue weighted by atomic mass is 16.4. The van der Waals surface area contributed by atoms with Crippen LogP contribution in [0.1, 0.15) is 42.4 Å². The lowest BCUT2D eigenvalue weighted by molar-refractivity contribution is 0.0692. The molecule has 100 valence electrons. The number of hydrogen-bond donors (Lipinski definition) is 2. The number of nitrogens with one attached hydrogen (secondary N) is 1. The number of aromatic nitrogens is 2. The average molecular weight is 258 g/mol. The minimum absolute atomic E-state index is 0.0739. The summed E-state index contributed by atoms with van der Waals surface area (Å²) < 4.78 is 0. The summed E-state index contributed by atoms with van der Waals surface area (Å²) in [6, 6.07) is 6.07. The standard InChI is InChI=1S/C15H18N2O2/c1-9-7-10(15(2,3)4)5-6-11(9)12-13(14(18)19)17-8-16-12/h5-8H,1-4H3,(H,16,17)(H,18,19). The van der Waals surface area contributed by atoms with E-state index in [1.807, 2.05) is 19.1 Å². The lowest BCUT2D eigenvalue weighted by Crippen LogP contribution is -2.11. The van der Waals surface area contributed by atoms with Gasteiger partial charge in [0.15, 0.2) is 5.69 Å². The topological polar surface area (TPSA) is 66.0 Å². The van der Waals surface area contributed by atoms with Crippen LogP contribution in [0.3, 0.4) is 0 Å². The van der Waals surface area contributed by atoms with Crippen molar-refractivity contribution in [1.29, 1.82) is 0 Å². The van der Waals surface area contributed by atoms with Crippen LogP contribution in [0.4, 0.5) is 0 Å². The highest BCUT2D eigenvalue weighted by molar-refractivity contribution is 5.93. The van der Waals surface area contributed by atoms with Crippen LogP contribution >= 0.6 is 0 Å². The lowest BCUT2D eigenvalue weighted by Gasteiger charge is -2.20. The van der Waals surface area contributed by atoms with Gasteiger partial charge in [-0.15, -0.1) is 0 Å². The summed E-state index contributed by atoms with van der Waals surface area (Å²) in [7, 11) is 0. The third-order valence-corrected chi connectivity index (χ3v) is 3.20. The lowest BCUT2D eigenvalue weighted by atomic mass is 9.85. The van der Waals surface area contributed by atoms with Crippen molar-refractivity contribution in [3.8, 4) is 11.3 Å². The van der Waals surface area contributed by atoms with Crippen LogP contribution in [0, 0.1) is 6.92 Å². The SMILES string of the molecule is Cc1cc(C(C)(C)C)ccc1-c1nc[nH]c1C(=O)O. The zero-order chi connectivity index (χ0) is 14.2. The number of benzene rings is 1. The van der Waals surface area contributed by atoms with Gasteiger partial charge in [-0.05, 0) is 23.5 Å². The fraction of sp³-hybridized carbons (Fsp3) is 0.333. The van der Waals surface area contributed by atoms with E-state index in [1.165, 1.54) is 11.9 Å². The maximum absolute atomic E-state index is 11.1. The van der Waals surface area contributed by atoms with Crippen molar-refractivity contribution >= 4 is 5.97 Å². The van der Waals surface area contributed by atoms with Gasteiger partial charge in [-0.25, -0.2) is 9.78 Å². The highest BCUT2D eigenvalue weighted by Gasteiger charge is 2.19. The molecular formula is C15H18N2O2. The number of rotatable bonds is 2. The molecule has 0 atom stereocenters. The fourth-order valence-electron chi connectivity index (χ4n) is 2.06. The van der Waals surface area contributed by atoms with E-state index in [0.29, 0.717) is 5.69 Å². The Morgan fingerprint density at radius 1 is 1.32 bits per heavy atom. The Morgan fingerprint density at radius 3 is 2.53 bits per heavy atom. The number of imidazole rings is 1. The van der Waals surface area contributed by atoms with E-state index in [2.05, 4.69) is 36.8 Å². The summed E-state index contributed by atoms with van der Waals surface area (Å²) in [5, 5.41) is 9.12. The summed E-state index contributed by atoms with van der Waals surface area (Å²) in [5.41, 5.74) is 3.80. The molecule has 0 spiro atoms. The van der Waals surface area contributed by atoms with Crippen LogP contribution in [0.2, 0.25) is 0 Å². The van der Waals surface area contributed by atoms with E-state index < -0.39 is 5.97 Å². The van der Waals surface area contributed by atoms with Crippen LogP contribution in [-0.2, 0) is 5.41 Å². The van der Waals surface area contributed by atoms with Crippen LogP contribution in [0.15, 0.2) is 24.5 Å². The number of carboxylic acid groups (broad SMARTS) is 1. The molecule has 1 aromatic carbocycles. The van der Waals surface area contributed by atoms with Crippen molar-refractivity contribution in [2.45, 2.75) is 33.1 Å². The highest BCUT2D eigenvalue weighted by Crippen LogP contribution is 2.29. The van der Waals surface area contributed by atoms with E-state index in [9.17, 15) is 4.79 Å². The summed E-state index contributed by atoms with van der Waals surface area (Å²) in [4.78, 5) is 17.9. The molecule has 2 rings (SSSR count). The van der Waals surface area contributed by atoms with Gasteiger partial charge in [0, 0.05) is 5.56 Å². The average Bonchev–Trinajstić information content (AvgIpc) is 2.76. The maximum atomic E-state index is 11.1. The Labute approximate surface area is 112 Å². The molecule has 0 aliphatic heterocycles. The Hall–Kier alpha value is -2.10. The van der Waals surface area contributed by atoms with Gasteiger partial charge >= 0.3 is 5.97 Å². The minimum atomic E-state index is -0.994. The zero-order valence-corrected chi connectivity index (χ0v) is 11.6. The van der Waals surface area contributed by atoms with Crippen LogP contribution in [0.25, 0.3) is 11.3 Å². The van der Waals surface area contributed by atoms with Crippen LogP contribution in [-0.4, -0.2) is 21.0 Å². The molecule has 0 aliphatic rings. The van der Waals surface area contributed by atoms with Crippen molar-refractivity contribution in [3.05, 3.63) is 41.3 Å². The smallest absolute Gasteiger partial charge is 0.354 e.